The van der Waals surface area contributed by atoms with Crippen LogP contribution in [0.5, 0.6) is 0 Å². The second-order valence-electron chi connectivity index (χ2n) is 5.40. The van der Waals surface area contributed by atoms with Gasteiger partial charge in [-0.05, 0) is 30.3 Å². The molecule has 0 radical (unpaired) electrons. The average molecular weight is 420 g/mol. The molecule has 0 spiro atoms. The van der Waals surface area contributed by atoms with Crippen LogP contribution in [0.2, 0.25) is 0 Å². The monoisotopic (exact) mass is 420 g/mol. The SMILES string of the molecule is COC(=O)C(C(=O)OC)C(Sc1ccc(F)c(F)c1)c1c(F)ccc(F)c1F. The molecule has 0 aliphatic carbocycles. The van der Waals surface area contributed by atoms with Crippen molar-refractivity contribution < 1.29 is 41.0 Å². The quantitative estimate of drug-likeness (QED) is 0.231. The van der Waals surface area contributed by atoms with Crippen molar-refractivity contribution in [1.82, 2.24) is 0 Å². The molecule has 2 rings (SSSR count). The molecule has 0 fully saturated rings. The van der Waals surface area contributed by atoms with Crippen molar-refractivity contribution in [2.75, 3.05) is 14.2 Å². The molecule has 0 amide bonds. The molecule has 1 unspecified atom stereocenters. The topological polar surface area (TPSA) is 52.6 Å². The maximum Gasteiger partial charge on any atom is 0.321 e. The highest BCUT2D eigenvalue weighted by molar-refractivity contribution is 7.99. The maximum absolute atomic E-state index is 14.4. The lowest BCUT2D eigenvalue weighted by molar-refractivity contribution is -0.158. The first kappa shape index (κ1) is 21.7. The lowest BCUT2D eigenvalue weighted by Crippen LogP contribution is -2.32. The van der Waals surface area contributed by atoms with Gasteiger partial charge in [0.1, 0.15) is 5.82 Å². The molecule has 1 atom stereocenters. The van der Waals surface area contributed by atoms with E-state index in [4.69, 9.17) is 0 Å². The van der Waals surface area contributed by atoms with Gasteiger partial charge >= 0.3 is 11.9 Å². The summed E-state index contributed by atoms with van der Waals surface area (Å²) in [5.74, 6) is -11.1. The summed E-state index contributed by atoms with van der Waals surface area (Å²) in [6, 6.07) is 3.65. The van der Waals surface area contributed by atoms with Crippen molar-refractivity contribution in [3.63, 3.8) is 0 Å². The van der Waals surface area contributed by atoms with Gasteiger partial charge in [-0.2, -0.15) is 0 Å². The molecule has 10 heteroatoms. The summed E-state index contributed by atoms with van der Waals surface area (Å²) < 4.78 is 78.2. The number of esters is 2. The number of halogens is 5. The number of methoxy groups -OCH3 is 2. The zero-order valence-electron chi connectivity index (χ0n) is 14.5. The molecule has 0 N–H and O–H groups in total. The first-order valence-electron chi connectivity index (χ1n) is 7.62. The largest absolute Gasteiger partial charge is 0.468 e. The summed E-state index contributed by atoms with van der Waals surface area (Å²) in [4.78, 5) is 24.2. The molecule has 0 saturated carbocycles. The van der Waals surface area contributed by atoms with Crippen LogP contribution >= 0.6 is 11.8 Å². The van der Waals surface area contributed by atoms with Gasteiger partial charge in [0.2, 0.25) is 0 Å². The number of thioether (sulfide) groups is 1. The van der Waals surface area contributed by atoms with Crippen molar-refractivity contribution in [2.24, 2.45) is 5.92 Å². The summed E-state index contributed by atoms with van der Waals surface area (Å²) in [6.07, 6.45) is 0. The fourth-order valence-corrected chi connectivity index (χ4v) is 3.69. The Bertz CT molecular complexity index is 890. The van der Waals surface area contributed by atoms with Gasteiger partial charge in [-0.15, -0.1) is 11.8 Å². The van der Waals surface area contributed by atoms with E-state index in [2.05, 4.69) is 9.47 Å². The number of hydrogen-bond acceptors (Lipinski definition) is 5. The van der Waals surface area contributed by atoms with Gasteiger partial charge in [0.25, 0.3) is 0 Å². The van der Waals surface area contributed by atoms with Crippen molar-refractivity contribution >= 4 is 23.7 Å². The van der Waals surface area contributed by atoms with Crippen molar-refractivity contribution in [3.05, 3.63) is 65.0 Å². The maximum atomic E-state index is 14.4. The molecule has 0 bridgehead atoms. The van der Waals surface area contributed by atoms with Gasteiger partial charge in [-0.25, -0.2) is 22.0 Å². The Morgan fingerprint density at radius 1 is 0.821 bits per heavy atom. The first-order valence-corrected chi connectivity index (χ1v) is 8.50. The van der Waals surface area contributed by atoms with Gasteiger partial charge in [0, 0.05) is 10.5 Å². The highest BCUT2D eigenvalue weighted by atomic mass is 32.2. The van der Waals surface area contributed by atoms with Gasteiger partial charge in [-0.3, -0.25) is 9.59 Å². The minimum Gasteiger partial charge on any atom is -0.468 e. The Hall–Kier alpha value is -2.62. The van der Waals surface area contributed by atoms with E-state index in [0.29, 0.717) is 30.0 Å². The smallest absolute Gasteiger partial charge is 0.321 e. The van der Waals surface area contributed by atoms with Crippen LogP contribution in [-0.2, 0) is 19.1 Å². The van der Waals surface area contributed by atoms with E-state index < -0.39 is 57.8 Å². The zero-order valence-corrected chi connectivity index (χ0v) is 15.3. The second-order valence-corrected chi connectivity index (χ2v) is 6.61. The van der Waals surface area contributed by atoms with Crippen LogP contribution in [0.1, 0.15) is 10.8 Å². The minimum atomic E-state index is -1.92. The standard InChI is InChI=1S/C18H13F5O4S/c1-26-17(24)14(18(25)27-2)16(13-10(20)5-6-11(21)15(13)23)28-8-3-4-9(19)12(22)7-8/h3-7,14,16H,1-2H3. The molecule has 2 aromatic rings. The number of carbonyl (C=O) groups excluding carboxylic acids is 2. The molecule has 0 aliphatic rings. The van der Waals surface area contributed by atoms with Crippen LogP contribution in [0, 0.1) is 35.0 Å². The van der Waals surface area contributed by atoms with E-state index >= 15 is 0 Å². The summed E-state index contributed by atoms with van der Waals surface area (Å²) in [6.45, 7) is 0. The van der Waals surface area contributed by atoms with Crippen LogP contribution in [-0.4, -0.2) is 26.2 Å². The highest BCUT2D eigenvalue weighted by Crippen LogP contribution is 2.44. The Morgan fingerprint density at radius 2 is 1.36 bits per heavy atom. The fraction of sp³-hybridized carbons (Fsp3) is 0.222. The number of ether oxygens (including phenoxy) is 2. The van der Waals surface area contributed by atoms with Crippen LogP contribution in [0.15, 0.2) is 35.2 Å². The van der Waals surface area contributed by atoms with E-state index in [9.17, 15) is 31.5 Å². The van der Waals surface area contributed by atoms with Gasteiger partial charge in [0.15, 0.2) is 29.2 Å². The summed E-state index contributed by atoms with van der Waals surface area (Å²) in [5, 5.41) is -1.74. The molecule has 2 aromatic carbocycles. The zero-order chi connectivity index (χ0) is 21.0. The third kappa shape index (κ3) is 4.44. The van der Waals surface area contributed by atoms with Gasteiger partial charge < -0.3 is 9.47 Å². The molecule has 150 valence electrons. The van der Waals surface area contributed by atoms with Crippen LogP contribution in [0.3, 0.4) is 0 Å². The first-order chi connectivity index (χ1) is 13.2. The van der Waals surface area contributed by atoms with E-state index in [1.54, 1.807) is 0 Å². The van der Waals surface area contributed by atoms with Crippen molar-refractivity contribution in [1.29, 1.82) is 0 Å². The summed E-state index contributed by atoms with van der Waals surface area (Å²) >= 11 is 0.442. The lowest BCUT2D eigenvalue weighted by Gasteiger charge is -2.24. The van der Waals surface area contributed by atoms with Gasteiger partial charge in [0.05, 0.1) is 19.5 Å². The van der Waals surface area contributed by atoms with Crippen molar-refractivity contribution in [2.45, 2.75) is 10.1 Å². The molecule has 0 aliphatic heterocycles. The number of carbonyl (C=O) groups is 2. The Labute approximate surface area is 160 Å². The number of rotatable bonds is 6. The predicted molar refractivity (Wildman–Crippen MR) is 88.8 cm³/mol. The highest BCUT2D eigenvalue weighted by Gasteiger charge is 2.42. The third-order valence-corrected chi connectivity index (χ3v) is 5.02. The number of benzene rings is 2. The fourth-order valence-electron chi connectivity index (χ4n) is 2.39. The summed E-state index contributed by atoms with van der Waals surface area (Å²) in [5.41, 5.74) is -0.949. The van der Waals surface area contributed by atoms with E-state index in [-0.39, 0.29) is 4.90 Å². The molecule has 28 heavy (non-hydrogen) atoms. The second kappa shape index (κ2) is 9.05. The lowest BCUT2D eigenvalue weighted by atomic mass is 9.97. The molecule has 0 aromatic heterocycles. The third-order valence-electron chi connectivity index (χ3n) is 3.73. The van der Waals surface area contributed by atoms with Crippen LogP contribution in [0.25, 0.3) is 0 Å². The number of hydrogen-bond donors (Lipinski definition) is 0. The average Bonchev–Trinajstić information content (AvgIpc) is 2.67. The summed E-state index contributed by atoms with van der Waals surface area (Å²) in [7, 11) is 1.85. The van der Waals surface area contributed by atoms with Crippen LogP contribution in [0.4, 0.5) is 22.0 Å². The molecule has 4 nitrogen and oxygen atoms in total. The minimum absolute atomic E-state index is 0.0789. The molecular weight excluding hydrogens is 407 g/mol. The van der Waals surface area contributed by atoms with E-state index in [1.165, 1.54) is 0 Å². The van der Waals surface area contributed by atoms with Crippen LogP contribution < -0.4 is 0 Å². The van der Waals surface area contributed by atoms with E-state index in [1.807, 2.05) is 0 Å². The Balaban J connectivity index is 2.66. The molecule has 0 heterocycles. The Kier molecular flexibility index (Phi) is 7.00. The Morgan fingerprint density at radius 3 is 1.89 bits per heavy atom. The van der Waals surface area contributed by atoms with Crippen molar-refractivity contribution in [3.8, 4) is 0 Å². The van der Waals surface area contributed by atoms with E-state index in [0.717, 1.165) is 26.4 Å². The normalized spacial score (nSPS) is 12.0. The molecule has 0 saturated heterocycles. The van der Waals surface area contributed by atoms with Gasteiger partial charge in [-0.1, -0.05) is 0 Å². The molecular formula is C18H13F5O4S. The predicted octanol–water partition coefficient (Wildman–Crippen LogP) is 4.18.